The first kappa shape index (κ1) is 27.6. The molecule has 8 heteroatoms. The molecule has 0 aliphatic heterocycles. The van der Waals surface area contributed by atoms with E-state index in [4.69, 9.17) is 11.6 Å². The predicted octanol–water partition coefficient (Wildman–Crippen LogP) is 5.63. The van der Waals surface area contributed by atoms with Crippen molar-refractivity contribution < 1.29 is 9.18 Å². The van der Waals surface area contributed by atoms with Crippen molar-refractivity contribution in [1.29, 1.82) is 0 Å². The van der Waals surface area contributed by atoms with E-state index >= 15 is 4.39 Å². The summed E-state index contributed by atoms with van der Waals surface area (Å²) >= 11 is 6.10. The highest BCUT2D eigenvalue weighted by Crippen LogP contribution is 2.35. The van der Waals surface area contributed by atoms with Crippen molar-refractivity contribution >= 4 is 23.3 Å². The second kappa shape index (κ2) is 11.4. The molecule has 35 heavy (non-hydrogen) atoms. The number of imidazole rings is 1. The minimum absolute atomic E-state index is 0.190. The molecule has 1 unspecified atom stereocenters. The molecule has 1 aliphatic rings. The summed E-state index contributed by atoms with van der Waals surface area (Å²) < 4.78 is 17.4. The topological polar surface area (TPSA) is 71.0 Å². The van der Waals surface area contributed by atoms with Gasteiger partial charge in [-0.05, 0) is 61.8 Å². The number of aromatic nitrogens is 2. The molecule has 1 aromatic heterocycles. The lowest BCUT2D eigenvalue weighted by Crippen LogP contribution is -2.48. The predicted molar refractivity (Wildman–Crippen MR) is 142 cm³/mol. The van der Waals surface area contributed by atoms with Gasteiger partial charge in [-0.3, -0.25) is 10.1 Å². The molecule has 0 radical (unpaired) electrons. The standard InChI is InChI=1S/C27H41ClFN5O/c1-7-8-22(32-21-12-10-18-9-11-19(28)13-20(18)24(21)29)25(35)33-23-14-34(17-31-23)27(5,6)16-30-15-26(2,3)4/h9,11,13-14,17,21-22,24,30,32H,7-8,10,12,15-16H2,1-6H3,(H,33,35)/t21?,22-,24-/m0/s1. The minimum atomic E-state index is -1.20. The fraction of sp³-hybridized carbons (Fsp3) is 0.630. The summed E-state index contributed by atoms with van der Waals surface area (Å²) in [5.41, 5.74) is 1.61. The lowest BCUT2D eigenvalue weighted by Gasteiger charge is -2.32. The van der Waals surface area contributed by atoms with E-state index < -0.39 is 18.3 Å². The third-order valence-corrected chi connectivity index (χ3v) is 6.77. The summed E-state index contributed by atoms with van der Waals surface area (Å²) in [6.45, 7) is 14.6. The van der Waals surface area contributed by atoms with E-state index in [1.54, 1.807) is 18.5 Å². The first-order chi connectivity index (χ1) is 16.4. The molecule has 0 saturated carbocycles. The zero-order chi connectivity index (χ0) is 25.8. The molecule has 0 saturated heterocycles. The average molecular weight is 506 g/mol. The fourth-order valence-corrected chi connectivity index (χ4v) is 4.68. The maximum atomic E-state index is 15.3. The van der Waals surface area contributed by atoms with Gasteiger partial charge in [0, 0.05) is 30.4 Å². The fourth-order valence-electron chi connectivity index (χ4n) is 4.50. The number of carbonyl (C=O) groups excluding carboxylic acids is 1. The van der Waals surface area contributed by atoms with E-state index in [9.17, 15) is 4.79 Å². The van der Waals surface area contributed by atoms with Crippen LogP contribution in [0.4, 0.5) is 10.2 Å². The van der Waals surface area contributed by atoms with E-state index in [1.807, 2.05) is 23.8 Å². The highest BCUT2D eigenvalue weighted by Gasteiger charge is 2.33. The first-order valence-corrected chi connectivity index (χ1v) is 13.0. The third kappa shape index (κ3) is 7.51. The monoisotopic (exact) mass is 505 g/mol. The number of carbonyl (C=O) groups is 1. The van der Waals surface area contributed by atoms with Crippen LogP contribution >= 0.6 is 11.6 Å². The van der Waals surface area contributed by atoms with Crippen LogP contribution in [0.1, 0.15) is 78.1 Å². The summed E-state index contributed by atoms with van der Waals surface area (Å²) in [5.74, 6) is 0.309. The Morgan fingerprint density at radius 1 is 1.26 bits per heavy atom. The van der Waals surface area contributed by atoms with Gasteiger partial charge in [0.25, 0.3) is 0 Å². The molecule has 6 nitrogen and oxygen atoms in total. The second-order valence-corrected chi connectivity index (χ2v) is 12.0. The Balaban J connectivity index is 1.63. The highest BCUT2D eigenvalue weighted by molar-refractivity contribution is 6.30. The number of nitrogens with zero attached hydrogens (tertiary/aromatic N) is 2. The van der Waals surface area contributed by atoms with Crippen LogP contribution in [0.15, 0.2) is 30.7 Å². The summed E-state index contributed by atoms with van der Waals surface area (Å²) in [4.78, 5) is 17.6. The third-order valence-electron chi connectivity index (χ3n) is 6.54. The van der Waals surface area contributed by atoms with E-state index in [1.165, 1.54) is 0 Å². The number of alkyl halides is 1. The Kier molecular flexibility index (Phi) is 9.00. The SMILES string of the molecule is CCC[C@H](NC1CCc2ccc(Cl)cc2[C@@H]1F)C(=O)Nc1cn(C(C)(C)CNCC(C)(C)C)cn1. The Morgan fingerprint density at radius 2 is 2.00 bits per heavy atom. The van der Waals surface area contributed by atoms with Crippen molar-refractivity contribution in [3.63, 3.8) is 0 Å². The van der Waals surface area contributed by atoms with Gasteiger partial charge in [-0.2, -0.15) is 0 Å². The van der Waals surface area contributed by atoms with Crippen molar-refractivity contribution in [1.82, 2.24) is 20.2 Å². The number of hydrogen-bond donors (Lipinski definition) is 3. The van der Waals surface area contributed by atoms with Gasteiger partial charge in [-0.1, -0.05) is 51.8 Å². The van der Waals surface area contributed by atoms with Crippen molar-refractivity contribution in [3.05, 3.63) is 46.9 Å². The zero-order valence-electron chi connectivity index (χ0n) is 21.9. The van der Waals surface area contributed by atoms with Crippen LogP contribution in [-0.4, -0.2) is 40.6 Å². The largest absolute Gasteiger partial charge is 0.328 e. The van der Waals surface area contributed by atoms with Crippen molar-refractivity contribution in [2.45, 2.75) is 91.0 Å². The average Bonchev–Trinajstić information content (AvgIpc) is 3.24. The number of fused-ring (bicyclic) bond motifs is 1. The first-order valence-electron chi connectivity index (χ1n) is 12.6. The molecule has 1 amide bonds. The van der Waals surface area contributed by atoms with E-state index in [2.05, 4.69) is 55.6 Å². The summed E-state index contributed by atoms with van der Waals surface area (Å²) in [5, 5.41) is 10.3. The van der Waals surface area contributed by atoms with Crippen LogP contribution in [0.25, 0.3) is 0 Å². The molecule has 2 aromatic rings. The maximum Gasteiger partial charge on any atom is 0.242 e. The smallest absolute Gasteiger partial charge is 0.242 e. The van der Waals surface area contributed by atoms with Crippen LogP contribution in [0.3, 0.4) is 0 Å². The molecule has 3 atom stereocenters. The molecule has 0 bridgehead atoms. The molecule has 0 fully saturated rings. The Bertz CT molecular complexity index is 1000. The molecule has 194 valence electrons. The number of hydrogen-bond acceptors (Lipinski definition) is 4. The highest BCUT2D eigenvalue weighted by atomic mass is 35.5. The Labute approximate surface area is 214 Å². The molecule has 3 N–H and O–H groups in total. The zero-order valence-corrected chi connectivity index (χ0v) is 22.7. The van der Waals surface area contributed by atoms with Gasteiger partial charge in [-0.25, -0.2) is 9.37 Å². The van der Waals surface area contributed by atoms with Gasteiger partial charge in [0.15, 0.2) is 5.82 Å². The second-order valence-electron chi connectivity index (χ2n) is 11.5. The molecule has 1 aliphatic carbocycles. The summed E-state index contributed by atoms with van der Waals surface area (Å²) in [7, 11) is 0. The van der Waals surface area contributed by atoms with Crippen molar-refractivity contribution in [3.8, 4) is 0 Å². The number of halogens is 2. The molecule has 1 heterocycles. The molecular formula is C27H41ClFN5O. The van der Waals surface area contributed by atoms with E-state index in [-0.39, 0.29) is 16.9 Å². The van der Waals surface area contributed by atoms with Crippen molar-refractivity contribution in [2.24, 2.45) is 5.41 Å². The molecule has 3 rings (SSSR count). The van der Waals surface area contributed by atoms with Crippen LogP contribution in [0.2, 0.25) is 5.02 Å². The molecule has 1 aromatic carbocycles. The summed E-state index contributed by atoms with van der Waals surface area (Å²) in [6, 6.07) is 4.46. The van der Waals surface area contributed by atoms with Gasteiger partial charge < -0.3 is 15.2 Å². The lowest BCUT2D eigenvalue weighted by molar-refractivity contribution is -0.118. The number of rotatable bonds is 10. The Morgan fingerprint density at radius 3 is 2.69 bits per heavy atom. The maximum absolute atomic E-state index is 15.3. The van der Waals surface area contributed by atoms with Gasteiger partial charge in [0.05, 0.1) is 17.9 Å². The van der Waals surface area contributed by atoms with E-state index in [0.29, 0.717) is 29.2 Å². The quantitative estimate of drug-likeness (QED) is 0.391. The Hall–Kier alpha value is -1.96. The normalized spacial score (nSPS) is 19.3. The lowest BCUT2D eigenvalue weighted by atomic mass is 9.86. The van der Waals surface area contributed by atoms with Gasteiger partial charge in [-0.15, -0.1) is 0 Å². The van der Waals surface area contributed by atoms with Crippen molar-refractivity contribution in [2.75, 3.05) is 18.4 Å². The van der Waals surface area contributed by atoms with Crippen LogP contribution in [0, 0.1) is 5.41 Å². The number of anilines is 1. The van der Waals surface area contributed by atoms with Crippen LogP contribution in [-0.2, 0) is 16.8 Å². The van der Waals surface area contributed by atoms with Crippen LogP contribution in [0.5, 0.6) is 0 Å². The minimum Gasteiger partial charge on any atom is -0.328 e. The molecule has 0 spiro atoms. The van der Waals surface area contributed by atoms with Gasteiger partial charge in [0.1, 0.15) is 6.17 Å². The number of nitrogens with one attached hydrogen (secondary N) is 3. The van der Waals surface area contributed by atoms with Gasteiger partial charge >= 0.3 is 0 Å². The van der Waals surface area contributed by atoms with Gasteiger partial charge in [0.2, 0.25) is 5.91 Å². The molecular weight excluding hydrogens is 465 g/mol. The van der Waals surface area contributed by atoms with E-state index in [0.717, 1.165) is 31.5 Å². The number of benzene rings is 1. The summed E-state index contributed by atoms with van der Waals surface area (Å²) in [6.07, 6.45) is 5.21. The number of aryl methyl sites for hydroxylation is 1. The van der Waals surface area contributed by atoms with Crippen LogP contribution < -0.4 is 16.0 Å². The number of amides is 1.